The number of nitrogens with zero attached hydrogens (tertiary/aromatic N) is 1. The van der Waals surface area contributed by atoms with Crippen LogP contribution in [0.15, 0.2) is 18.2 Å². The predicted octanol–water partition coefficient (Wildman–Crippen LogP) is 1.54. The summed E-state index contributed by atoms with van der Waals surface area (Å²) in [6, 6.07) is 5.02. The van der Waals surface area contributed by atoms with E-state index in [1.807, 2.05) is 6.92 Å². The summed E-state index contributed by atoms with van der Waals surface area (Å²) in [7, 11) is 0. The maximum Gasteiger partial charge on any atom is 0.254 e. The first kappa shape index (κ1) is 14.9. The lowest BCUT2D eigenvalue weighted by Gasteiger charge is -2.31. The van der Waals surface area contributed by atoms with Gasteiger partial charge in [0.15, 0.2) is 0 Å². The van der Waals surface area contributed by atoms with Gasteiger partial charge < -0.3 is 14.7 Å². The van der Waals surface area contributed by atoms with Gasteiger partial charge in [-0.05, 0) is 25.1 Å². The van der Waals surface area contributed by atoms with Crippen LogP contribution in [0.5, 0.6) is 0 Å². The largest absolute Gasteiger partial charge is 0.384 e. The number of hydrogen-bond donors (Lipinski definition) is 1. The molecule has 4 nitrogen and oxygen atoms in total. The molecule has 0 bridgehead atoms. The molecule has 0 spiro atoms. The van der Waals surface area contributed by atoms with Crippen LogP contribution < -0.4 is 0 Å². The standard InChI is InChI=1S/C15H16ClNO3/c1-11-10-17(6-8-20-11)15(19)13-5-4-12(3-2-7-18)14(16)9-13/h4-5,9,11,18H,6-8,10H2,1H3. The second kappa shape index (κ2) is 6.76. The minimum absolute atomic E-state index is 0.0521. The third kappa shape index (κ3) is 3.51. The fourth-order valence-corrected chi connectivity index (χ4v) is 2.30. The SMILES string of the molecule is CC1CN(C(=O)c2ccc(C#CCO)c(Cl)c2)CCO1. The van der Waals surface area contributed by atoms with Crippen molar-refractivity contribution >= 4 is 17.5 Å². The molecule has 1 unspecified atom stereocenters. The maximum absolute atomic E-state index is 12.4. The predicted molar refractivity (Wildman–Crippen MR) is 76.7 cm³/mol. The van der Waals surface area contributed by atoms with Gasteiger partial charge in [-0.2, -0.15) is 0 Å². The van der Waals surface area contributed by atoms with Crippen molar-refractivity contribution in [3.63, 3.8) is 0 Å². The highest BCUT2D eigenvalue weighted by molar-refractivity contribution is 6.32. The summed E-state index contributed by atoms with van der Waals surface area (Å²) in [5.74, 6) is 5.22. The third-order valence-electron chi connectivity index (χ3n) is 3.05. The van der Waals surface area contributed by atoms with Gasteiger partial charge in [0.2, 0.25) is 0 Å². The van der Waals surface area contributed by atoms with E-state index < -0.39 is 0 Å². The van der Waals surface area contributed by atoms with Crippen molar-refractivity contribution in [2.75, 3.05) is 26.3 Å². The number of halogens is 1. The van der Waals surface area contributed by atoms with Crippen molar-refractivity contribution in [2.24, 2.45) is 0 Å². The maximum atomic E-state index is 12.4. The van der Waals surface area contributed by atoms with Crippen LogP contribution >= 0.6 is 11.6 Å². The molecule has 1 aromatic carbocycles. The first-order chi connectivity index (χ1) is 9.61. The van der Waals surface area contributed by atoms with Gasteiger partial charge in [-0.15, -0.1) is 0 Å². The molecule has 1 atom stereocenters. The number of rotatable bonds is 1. The van der Waals surface area contributed by atoms with Crippen molar-refractivity contribution in [2.45, 2.75) is 13.0 Å². The van der Waals surface area contributed by atoms with Gasteiger partial charge in [0, 0.05) is 24.2 Å². The number of amides is 1. The van der Waals surface area contributed by atoms with Crippen molar-refractivity contribution < 1.29 is 14.6 Å². The average molecular weight is 294 g/mol. The molecule has 0 saturated carbocycles. The number of morpholine rings is 1. The van der Waals surface area contributed by atoms with Crippen molar-refractivity contribution in [1.82, 2.24) is 4.90 Å². The Labute approximate surface area is 123 Å². The highest BCUT2D eigenvalue weighted by Crippen LogP contribution is 2.19. The van der Waals surface area contributed by atoms with Gasteiger partial charge in [0.05, 0.1) is 17.7 Å². The van der Waals surface area contributed by atoms with Crippen LogP contribution in [-0.2, 0) is 4.74 Å². The Balaban J connectivity index is 2.16. The van der Waals surface area contributed by atoms with Crippen LogP contribution in [0.3, 0.4) is 0 Å². The Morgan fingerprint density at radius 3 is 3.05 bits per heavy atom. The Kier molecular flexibility index (Phi) is 5.02. The summed E-state index contributed by atoms with van der Waals surface area (Å²) < 4.78 is 5.42. The van der Waals surface area contributed by atoms with E-state index >= 15 is 0 Å². The number of carbonyl (C=O) groups excluding carboxylic acids is 1. The van der Waals surface area contributed by atoms with E-state index in [4.69, 9.17) is 21.4 Å². The van der Waals surface area contributed by atoms with E-state index in [0.29, 0.717) is 35.8 Å². The number of ether oxygens (including phenoxy) is 1. The minimum atomic E-state index is -0.220. The van der Waals surface area contributed by atoms with Crippen LogP contribution in [0, 0.1) is 11.8 Å². The highest BCUT2D eigenvalue weighted by Gasteiger charge is 2.22. The molecule has 1 fully saturated rings. The Morgan fingerprint density at radius 2 is 2.40 bits per heavy atom. The first-order valence-corrected chi connectivity index (χ1v) is 6.79. The molecule has 1 amide bonds. The fourth-order valence-electron chi connectivity index (χ4n) is 2.07. The molecule has 5 heteroatoms. The number of carbonyl (C=O) groups is 1. The van der Waals surface area contributed by atoms with Gasteiger partial charge in [-0.3, -0.25) is 4.79 Å². The molecule has 1 saturated heterocycles. The Hall–Kier alpha value is -1.54. The van der Waals surface area contributed by atoms with E-state index in [0.717, 1.165) is 0 Å². The molecular formula is C15H16ClNO3. The second-order valence-electron chi connectivity index (χ2n) is 4.59. The normalized spacial score (nSPS) is 18.4. The number of aliphatic hydroxyl groups excluding tert-OH is 1. The molecule has 1 heterocycles. The second-order valence-corrected chi connectivity index (χ2v) is 4.99. The van der Waals surface area contributed by atoms with Gasteiger partial charge in [-0.1, -0.05) is 23.4 Å². The van der Waals surface area contributed by atoms with E-state index in [1.54, 1.807) is 23.1 Å². The van der Waals surface area contributed by atoms with E-state index in [9.17, 15) is 4.79 Å². The van der Waals surface area contributed by atoms with Crippen LogP contribution in [-0.4, -0.2) is 48.3 Å². The zero-order valence-electron chi connectivity index (χ0n) is 11.2. The summed E-state index contributed by atoms with van der Waals surface area (Å²) in [6.45, 7) is 3.46. The van der Waals surface area contributed by atoms with E-state index in [1.165, 1.54) is 0 Å². The quantitative estimate of drug-likeness (QED) is 0.799. The Bertz CT molecular complexity index is 562. The van der Waals surface area contributed by atoms with E-state index in [-0.39, 0.29) is 18.6 Å². The highest BCUT2D eigenvalue weighted by atomic mass is 35.5. The van der Waals surface area contributed by atoms with Crippen molar-refractivity contribution in [3.05, 3.63) is 34.3 Å². The summed E-state index contributed by atoms with van der Waals surface area (Å²) in [6.07, 6.45) is 0.0536. The molecule has 2 rings (SSSR count). The van der Waals surface area contributed by atoms with E-state index in [2.05, 4.69) is 11.8 Å². The van der Waals surface area contributed by atoms with Gasteiger partial charge >= 0.3 is 0 Å². The third-order valence-corrected chi connectivity index (χ3v) is 3.36. The van der Waals surface area contributed by atoms with Crippen LogP contribution in [0.25, 0.3) is 0 Å². The van der Waals surface area contributed by atoms with Gasteiger partial charge in [0.25, 0.3) is 5.91 Å². The fraction of sp³-hybridized carbons (Fsp3) is 0.400. The van der Waals surface area contributed by atoms with Crippen LogP contribution in [0.2, 0.25) is 5.02 Å². The minimum Gasteiger partial charge on any atom is -0.384 e. The molecule has 0 aliphatic carbocycles. The number of aliphatic hydroxyl groups is 1. The van der Waals surface area contributed by atoms with Crippen molar-refractivity contribution in [3.8, 4) is 11.8 Å². The summed E-state index contributed by atoms with van der Waals surface area (Å²) in [4.78, 5) is 14.1. The Morgan fingerprint density at radius 1 is 1.60 bits per heavy atom. The molecule has 106 valence electrons. The zero-order valence-corrected chi connectivity index (χ0v) is 12.0. The van der Waals surface area contributed by atoms with Gasteiger partial charge in [-0.25, -0.2) is 0 Å². The molecule has 0 aromatic heterocycles. The zero-order chi connectivity index (χ0) is 14.5. The molecular weight excluding hydrogens is 278 g/mol. The van der Waals surface area contributed by atoms with Crippen LogP contribution in [0.4, 0.5) is 0 Å². The topological polar surface area (TPSA) is 49.8 Å². The van der Waals surface area contributed by atoms with Crippen molar-refractivity contribution in [1.29, 1.82) is 0 Å². The average Bonchev–Trinajstić information content (AvgIpc) is 2.45. The summed E-state index contributed by atoms with van der Waals surface area (Å²) in [5.41, 5.74) is 1.14. The summed E-state index contributed by atoms with van der Waals surface area (Å²) in [5, 5.41) is 9.08. The monoisotopic (exact) mass is 293 g/mol. The number of hydrogen-bond acceptors (Lipinski definition) is 3. The molecule has 1 N–H and O–H groups in total. The summed E-state index contributed by atoms with van der Waals surface area (Å²) >= 11 is 6.10. The lowest BCUT2D eigenvalue weighted by atomic mass is 10.1. The van der Waals surface area contributed by atoms with Crippen LogP contribution in [0.1, 0.15) is 22.8 Å². The molecule has 0 radical (unpaired) electrons. The smallest absolute Gasteiger partial charge is 0.254 e. The molecule has 1 aromatic rings. The lowest BCUT2D eigenvalue weighted by Crippen LogP contribution is -2.44. The molecule has 1 aliphatic rings. The first-order valence-electron chi connectivity index (χ1n) is 6.42. The molecule has 1 aliphatic heterocycles. The molecule has 20 heavy (non-hydrogen) atoms. The van der Waals surface area contributed by atoms with Gasteiger partial charge in [0.1, 0.15) is 6.61 Å². The lowest BCUT2D eigenvalue weighted by molar-refractivity contribution is -0.0124. The number of benzene rings is 1.